The molecule has 0 radical (unpaired) electrons. The Kier molecular flexibility index (Phi) is 6.53. The predicted octanol–water partition coefficient (Wildman–Crippen LogP) is 3.83. The molecular formula is C24H26N6O3. The fraction of sp³-hybridized carbons (Fsp3) is 0.208. The van der Waals surface area contributed by atoms with Gasteiger partial charge in [0.25, 0.3) is 0 Å². The van der Waals surface area contributed by atoms with E-state index >= 15 is 0 Å². The molecular weight excluding hydrogens is 420 g/mol. The van der Waals surface area contributed by atoms with Crippen molar-refractivity contribution in [2.24, 2.45) is 5.73 Å². The van der Waals surface area contributed by atoms with Crippen molar-refractivity contribution >= 4 is 22.9 Å². The lowest BCUT2D eigenvalue weighted by Crippen LogP contribution is -2.25. The van der Waals surface area contributed by atoms with Crippen LogP contribution in [0.3, 0.4) is 0 Å². The number of nitrogens with zero attached hydrogens (tertiary/aromatic N) is 3. The van der Waals surface area contributed by atoms with Crippen molar-refractivity contribution < 1.29 is 14.3 Å². The van der Waals surface area contributed by atoms with Gasteiger partial charge in [-0.15, -0.1) is 0 Å². The van der Waals surface area contributed by atoms with E-state index in [0.717, 1.165) is 27.9 Å². The van der Waals surface area contributed by atoms with Crippen LogP contribution >= 0.6 is 0 Å². The fourth-order valence-electron chi connectivity index (χ4n) is 3.73. The van der Waals surface area contributed by atoms with E-state index in [4.69, 9.17) is 15.2 Å². The molecule has 0 aliphatic rings. The highest BCUT2D eigenvalue weighted by atomic mass is 16.5. The van der Waals surface area contributed by atoms with E-state index in [-0.39, 0.29) is 6.03 Å². The lowest BCUT2D eigenvalue weighted by Gasteiger charge is -2.12. The van der Waals surface area contributed by atoms with Gasteiger partial charge in [-0.3, -0.25) is 0 Å². The van der Waals surface area contributed by atoms with Gasteiger partial charge in [-0.25, -0.2) is 14.3 Å². The normalized spacial score (nSPS) is 11.9. The Balaban J connectivity index is 1.57. The summed E-state index contributed by atoms with van der Waals surface area (Å²) >= 11 is 0. The third-order valence-corrected chi connectivity index (χ3v) is 5.32. The number of carbonyl (C=O) groups excluding carboxylic acids is 1. The maximum atomic E-state index is 12.4. The number of aromatic nitrogens is 3. The summed E-state index contributed by atoms with van der Waals surface area (Å²) in [5.41, 5.74) is 12.0. The largest absolute Gasteiger partial charge is 0.495 e. The highest BCUT2D eigenvalue weighted by Crippen LogP contribution is 2.32. The topological polar surface area (TPSA) is 116 Å². The number of para-hydroxylation sites is 2. The van der Waals surface area contributed by atoms with Crippen LogP contribution in [0.4, 0.5) is 16.2 Å². The van der Waals surface area contributed by atoms with Gasteiger partial charge in [0.15, 0.2) is 0 Å². The van der Waals surface area contributed by atoms with Gasteiger partial charge in [-0.1, -0.05) is 24.3 Å². The maximum absolute atomic E-state index is 12.4. The third-order valence-electron chi connectivity index (χ3n) is 5.32. The Hall–Kier alpha value is -3.95. The number of benzene rings is 2. The summed E-state index contributed by atoms with van der Waals surface area (Å²) in [5, 5.41) is 9.98. The monoisotopic (exact) mass is 446 g/mol. The van der Waals surface area contributed by atoms with Gasteiger partial charge in [0.1, 0.15) is 18.3 Å². The second-order valence-corrected chi connectivity index (χ2v) is 7.52. The average molecular weight is 447 g/mol. The lowest BCUT2D eigenvalue weighted by molar-refractivity contribution is 0.108. The van der Waals surface area contributed by atoms with Crippen LogP contribution in [0.5, 0.6) is 5.75 Å². The minimum absolute atomic E-state index is 0.359. The summed E-state index contributed by atoms with van der Waals surface area (Å²) in [5.74, 6) is 0.588. The van der Waals surface area contributed by atoms with E-state index < -0.39 is 6.23 Å². The molecule has 0 aliphatic heterocycles. The number of carbonyl (C=O) groups is 1. The molecule has 9 heteroatoms. The predicted molar refractivity (Wildman–Crippen MR) is 127 cm³/mol. The Morgan fingerprint density at radius 1 is 1.12 bits per heavy atom. The second kappa shape index (κ2) is 9.68. The minimum atomic E-state index is -0.458. The molecule has 4 N–H and O–H groups in total. The first-order valence-electron chi connectivity index (χ1n) is 10.4. The van der Waals surface area contributed by atoms with Crippen molar-refractivity contribution in [1.29, 1.82) is 0 Å². The Morgan fingerprint density at radius 2 is 1.88 bits per heavy atom. The molecule has 0 bridgehead atoms. The Labute approximate surface area is 191 Å². The number of aryl methyl sites for hydroxylation is 1. The van der Waals surface area contributed by atoms with E-state index in [1.807, 2.05) is 54.0 Å². The number of methoxy groups -OCH3 is 2. The number of urea groups is 1. The van der Waals surface area contributed by atoms with Crippen molar-refractivity contribution in [2.75, 3.05) is 24.9 Å². The number of hydrogen-bond donors (Lipinski definition) is 3. The lowest BCUT2D eigenvalue weighted by atomic mass is 10.0. The molecule has 2 amide bonds. The van der Waals surface area contributed by atoms with Crippen molar-refractivity contribution in [3.63, 3.8) is 0 Å². The summed E-state index contributed by atoms with van der Waals surface area (Å²) in [7, 11) is 3.13. The Morgan fingerprint density at radius 3 is 2.61 bits per heavy atom. The van der Waals surface area contributed by atoms with E-state index in [1.165, 1.54) is 6.33 Å². The summed E-state index contributed by atoms with van der Waals surface area (Å²) in [6.45, 7) is 2.02. The van der Waals surface area contributed by atoms with Crippen molar-refractivity contribution in [2.45, 2.75) is 19.6 Å². The number of hydrogen-bond acceptors (Lipinski definition) is 6. The van der Waals surface area contributed by atoms with Crippen molar-refractivity contribution in [3.8, 4) is 16.9 Å². The SMILES string of the molecule is COc1ccccc1NC(=O)Nc1ccc(-c2c(C)cn3ncnc(CC(N)OC)c23)cc1. The summed E-state index contributed by atoms with van der Waals surface area (Å²) in [6, 6.07) is 14.5. The van der Waals surface area contributed by atoms with Crippen molar-refractivity contribution in [3.05, 3.63) is 72.3 Å². The molecule has 0 fully saturated rings. The van der Waals surface area contributed by atoms with Crippen LogP contribution in [-0.4, -0.2) is 41.1 Å². The molecule has 1 unspecified atom stereocenters. The zero-order valence-corrected chi connectivity index (χ0v) is 18.7. The zero-order chi connectivity index (χ0) is 23.4. The second-order valence-electron chi connectivity index (χ2n) is 7.52. The number of anilines is 2. The van der Waals surface area contributed by atoms with Crippen LogP contribution in [0, 0.1) is 6.92 Å². The first-order valence-corrected chi connectivity index (χ1v) is 10.4. The smallest absolute Gasteiger partial charge is 0.323 e. The highest BCUT2D eigenvalue weighted by molar-refractivity contribution is 6.01. The van der Waals surface area contributed by atoms with Gasteiger partial charge in [-0.2, -0.15) is 5.10 Å². The van der Waals surface area contributed by atoms with Gasteiger partial charge >= 0.3 is 6.03 Å². The number of rotatable bonds is 7. The molecule has 1 atom stereocenters. The quantitative estimate of drug-likeness (QED) is 0.372. The van der Waals surface area contributed by atoms with Crippen molar-refractivity contribution in [1.82, 2.24) is 14.6 Å². The summed E-state index contributed by atoms with van der Waals surface area (Å²) in [6.07, 6.45) is 3.48. The standard InChI is InChI=1S/C24H26N6O3/c1-15-13-30-23(19(26-14-27-30)12-21(25)33-3)22(15)16-8-10-17(11-9-16)28-24(31)29-18-6-4-5-7-20(18)32-2/h4-11,13-14,21H,12,25H2,1-3H3,(H2,28,29,31). The van der Waals surface area contributed by atoms with Gasteiger partial charge in [0.05, 0.1) is 24.0 Å². The molecule has 2 heterocycles. The summed E-state index contributed by atoms with van der Waals surface area (Å²) < 4.78 is 12.3. The minimum Gasteiger partial charge on any atom is -0.495 e. The van der Waals surface area contributed by atoms with Crippen LogP contribution in [0.2, 0.25) is 0 Å². The Bertz CT molecular complexity index is 1270. The molecule has 170 valence electrons. The highest BCUT2D eigenvalue weighted by Gasteiger charge is 2.17. The third kappa shape index (κ3) is 4.79. The number of nitrogens with two attached hydrogens (primary N) is 1. The van der Waals surface area contributed by atoms with Gasteiger partial charge in [0, 0.05) is 31.0 Å². The zero-order valence-electron chi connectivity index (χ0n) is 18.7. The molecule has 0 spiro atoms. The molecule has 0 saturated carbocycles. The van der Waals surface area contributed by atoms with Crippen LogP contribution in [0.1, 0.15) is 11.3 Å². The first-order chi connectivity index (χ1) is 16.0. The molecule has 0 saturated heterocycles. The molecule has 2 aromatic heterocycles. The average Bonchev–Trinajstić information content (AvgIpc) is 3.16. The number of ether oxygens (including phenoxy) is 2. The number of nitrogens with one attached hydrogen (secondary N) is 2. The maximum Gasteiger partial charge on any atom is 0.323 e. The fourth-order valence-corrected chi connectivity index (χ4v) is 3.73. The number of amides is 2. The van der Waals surface area contributed by atoms with E-state index in [9.17, 15) is 4.79 Å². The summed E-state index contributed by atoms with van der Waals surface area (Å²) in [4.78, 5) is 16.9. The van der Waals surface area contributed by atoms with E-state index in [0.29, 0.717) is 23.5 Å². The van der Waals surface area contributed by atoms with Crippen LogP contribution in [0.25, 0.3) is 16.6 Å². The molecule has 33 heavy (non-hydrogen) atoms. The van der Waals surface area contributed by atoms with Gasteiger partial charge in [0.2, 0.25) is 0 Å². The van der Waals surface area contributed by atoms with Crippen LogP contribution in [0.15, 0.2) is 61.1 Å². The van der Waals surface area contributed by atoms with Crippen LogP contribution < -0.4 is 21.1 Å². The van der Waals surface area contributed by atoms with E-state index in [1.54, 1.807) is 26.4 Å². The van der Waals surface area contributed by atoms with Gasteiger partial charge < -0.3 is 25.8 Å². The van der Waals surface area contributed by atoms with E-state index in [2.05, 4.69) is 20.7 Å². The molecule has 4 rings (SSSR count). The first kappa shape index (κ1) is 22.3. The molecule has 0 aliphatic carbocycles. The van der Waals surface area contributed by atoms with Gasteiger partial charge in [-0.05, 0) is 42.3 Å². The van der Waals surface area contributed by atoms with Crippen LogP contribution in [-0.2, 0) is 11.2 Å². The molecule has 4 aromatic rings. The molecule has 9 nitrogen and oxygen atoms in total. The number of fused-ring (bicyclic) bond motifs is 1. The molecule has 2 aromatic carbocycles.